The zero-order valence-corrected chi connectivity index (χ0v) is 10.7. The minimum atomic E-state index is 0.313. The van der Waals surface area contributed by atoms with Crippen molar-refractivity contribution < 1.29 is 4.79 Å². The lowest BCUT2D eigenvalue weighted by atomic mass is 10.1. The molecule has 0 unspecified atom stereocenters. The van der Waals surface area contributed by atoms with E-state index in [2.05, 4.69) is 5.10 Å². The number of aromatic nitrogens is 2. The van der Waals surface area contributed by atoms with Crippen molar-refractivity contribution in [3.05, 3.63) is 18.0 Å². The van der Waals surface area contributed by atoms with Crippen LogP contribution in [0, 0.1) is 0 Å². The Hall–Kier alpha value is -1.16. The van der Waals surface area contributed by atoms with Crippen LogP contribution in [0.2, 0.25) is 0 Å². The number of nitrogens with two attached hydrogens (primary N) is 1. The second-order valence-corrected chi connectivity index (χ2v) is 4.37. The number of hydrogen-bond acceptors (Lipinski definition) is 3. The van der Waals surface area contributed by atoms with Crippen molar-refractivity contribution in [3.63, 3.8) is 0 Å². The molecular formula is C13H23N3O. The van der Waals surface area contributed by atoms with Crippen LogP contribution in [-0.4, -0.2) is 22.1 Å². The average Bonchev–Trinajstić information content (AvgIpc) is 2.76. The minimum absolute atomic E-state index is 0.313. The molecule has 2 N–H and O–H groups in total. The summed E-state index contributed by atoms with van der Waals surface area (Å²) >= 11 is 0. The number of nitrogens with zero attached hydrogens (tertiary/aromatic N) is 2. The Morgan fingerprint density at radius 3 is 2.76 bits per heavy atom. The molecule has 0 aromatic carbocycles. The summed E-state index contributed by atoms with van der Waals surface area (Å²) < 4.78 is 1.85. The van der Waals surface area contributed by atoms with Gasteiger partial charge in [-0.15, -0.1) is 0 Å². The van der Waals surface area contributed by atoms with Gasteiger partial charge >= 0.3 is 0 Å². The summed E-state index contributed by atoms with van der Waals surface area (Å²) in [6, 6.07) is 0. The molecule has 0 aliphatic carbocycles. The molecule has 0 fully saturated rings. The molecule has 0 radical (unpaired) electrons. The van der Waals surface area contributed by atoms with E-state index in [0.29, 0.717) is 18.6 Å². The predicted molar refractivity (Wildman–Crippen MR) is 68.8 cm³/mol. The van der Waals surface area contributed by atoms with Crippen molar-refractivity contribution in [3.8, 4) is 0 Å². The summed E-state index contributed by atoms with van der Waals surface area (Å²) in [5.41, 5.74) is 6.44. The first-order chi connectivity index (χ1) is 8.26. The summed E-state index contributed by atoms with van der Waals surface area (Å²) in [6.45, 7) is 3.65. The summed E-state index contributed by atoms with van der Waals surface area (Å²) in [7, 11) is 0. The van der Waals surface area contributed by atoms with E-state index >= 15 is 0 Å². The largest absolute Gasteiger partial charge is 0.330 e. The van der Waals surface area contributed by atoms with Crippen molar-refractivity contribution >= 4 is 5.78 Å². The van der Waals surface area contributed by atoms with Gasteiger partial charge in [-0.1, -0.05) is 12.8 Å². The zero-order chi connectivity index (χ0) is 12.5. The number of aryl methyl sites for hydroxylation is 1. The quantitative estimate of drug-likeness (QED) is 0.667. The van der Waals surface area contributed by atoms with Crippen LogP contribution in [0.5, 0.6) is 0 Å². The lowest BCUT2D eigenvalue weighted by Gasteiger charge is -1.99. The van der Waals surface area contributed by atoms with Crippen molar-refractivity contribution in [2.45, 2.75) is 52.0 Å². The SMILES string of the molecule is CCn1cc(CC(=O)CCCCCCN)cn1. The van der Waals surface area contributed by atoms with E-state index in [1.807, 2.05) is 17.8 Å². The normalized spacial score (nSPS) is 10.7. The average molecular weight is 237 g/mol. The summed E-state index contributed by atoms with van der Waals surface area (Å²) in [4.78, 5) is 11.7. The molecule has 0 saturated heterocycles. The molecule has 0 aliphatic heterocycles. The smallest absolute Gasteiger partial charge is 0.137 e. The van der Waals surface area contributed by atoms with Crippen LogP contribution in [0.1, 0.15) is 44.6 Å². The lowest BCUT2D eigenvalue weighted by molar-refractivity contribution is -0.118. The predicted octanol–water partition coefficient (Wildman–Crippen LogP) is 1.92. The van der Waals surface area contributed by atoms with Crippen LogP contribution in [0.4, 0.5) is 0 Å². The highest BCUT2D eigenvalue weighted by Gasteiger charge is 2.05. The van der Waals surface area contributed by atoms with Gasteiger partial charge in [0.15, 0.2) is 0 Å². The number of rotatable bonds is 9. The Bertz CT molecular complexity index is 333. The molecule has 0 bridgehead atoms. The molecule has 1 aromatic rings. The van der Waals surface area contributed by atoms with Gasteiger partial charge in [0, 0.05) is 25.6 Å². The zero-order valence-electron chi connectivity index (χ0n) is 10.7. The highest BCUT2D eigenvalue weighted by molar-refractivity contribution is 5.80. The van der Waals surface area contributed by atoms with E-state index in [4.69, 9.17) is 5.73 Å². The molecule has 1 aromatic heterocycles. The standard InChI is InChI=1S/C13H23N3O/c1-2-16-11-12(10-15-16)9-13(17)7-5-3-4-6-8-14/h10-11H,2-9,14H2,1H3. The summed E-state index contributed by atoms with van der Waals surface area (Å²) in [5.74, 6) is 0.313. The summed E-state index contributed by atoms with van der Waals surface area (Å²) in [6.07, 6.45) is 9.24. The molecule has 4 heteroatoms. The second-order valence-electron chi connectivity index (χ2n) is 4.37. The first-order valence-corrected chi connectivity index (χ1v) is 6.49. The van der Waals surface area contributed by atoms with Crippen molar-refractivity contribution in [1.82, 2.24) is 9.78 Å². The maximum Gasteiger partial charge on any atom is 0.137 e. The van der Waals surface area contributed by atoms with Gasteiger partial charge in [0.25, 0.3) is 0 Å². The van der Waals surface area contributed by atoms with Crippen LogP contribution in [0.15, 0.2) is 12.4 Å². The van der Waals surface area contributed by atoms with E-state index in [0.717, 1.165) is 44.3 Å². The van der Waals surface area contributed by atoms with Gasteiger partial charge < -0.3 is 5.73 Å². The molecule has 1 rings (SSSR count). The molecule has 0 spiro atoms. The molecule has 17 heavy (non-hydrogen) atoms. The van der Waals surface area contributed by atoms with Gasteiger partial charge in [0.05, 0.1) is 6.20 Å². The van der Waals surface area contributed by atoms with Gasteiger partial charge in [-0.3, -0.25) is 9.48 Å². The molecule has 96 valence electrons. The lowest BCUT2D eigenvalue weighted by Crippen LogP contribution is -2.02. The van der Waals surface area contributed by atoms with E-state index in [1.165, 1.54) is 0 Å². The molecule has 0 saturated carbocycles. The fraction of sp³-hybridized carbons (Fsp3) is 0.692. The Morgan fingerprint density at radius 2 is 2.12 bits per heavy atom. The number of hydrogen-bond donors (Lipinski definition) is 1. The van der Waals surface area contributed by atoms with Gasteiger partial charge in [-0.25, -0.2) is 0 Å². The first kappa shape index (κ1) is 13.9. The monoisotopic (exact) mass is 237 g/mol. The van der Waals surface area contributed by atoms with Crippen LogP contribution < -0.4 is 5.73 Å². The van der Waals surface area contributed by atoms with Crippen molar-refractivity contribution in [1.29, 1.82) is 0 Å². The van der Waals surface area contributed by atoms with Crippen molar-refractivity contribution in [2.24, 2.45) is 5.73 Å². The molecule has 0 atom stereocenters. The Balaban J connectivity index is 2.16. The van der Waals surface area contributed by atoms with Gasteiger partial charge in [-0.05, 0) is 31.9 Å². The molecule has 1 heterocycles. The van der Waals surface area contributed by atoms with Crippen LogP contribution in [-0.2, 0) is 17.8 Å². The fourth-order valence-electron chi connectivity index (χ4n) is 1.81. The van der Waals surface area contributed by atoms with Gasteiger partial charge in [-0.2, -0.15) is 5.10 Å². The third-order valence-electron chi connectivity index (χ3n) is 2.82. The minimum Gasteiger partial charge on any atom is -0.330 e. The second kappa shape index (κ2) is 8.01. The van der Waals surface area contributed by atoms with Crippen LogP contribution in [0.25, 0.3) is 0 Å². The molecule has 4 nitrogen and oxygen atoms in total. The highest BCUT2D eigenvalue weighted by Crippen LogP contribution is 2.06. The topological polar surface area (TPSA) is 60.9 Å². The van der Waals surface area contributed by atoms with Gasteiger partial charge in [0.1, 0.15) is 5.78 Å². The fourth-order valence-corrected chi connectivity index (χ4v) is 1.81. The number of ketones is 1. The van der Waals surface area contributed by atoms with E-state index in [9.17, 15) is 4.79 Å². The maximum absolute atomic E-state index is 11.7. The third kappa shape index (κ3) is 5.63. The maximum atomic E-state index is 11.7. The van der Waals surface area contributed by atoms with Gasteiger partial charge in [0.2, 0.25) is 0 Å². The first-order valence-electron chi connectivity index (χ1n) is 6.49. The highest BCUT2D eigenvalue weighted by atomic mass is 16.1. The number of carbonyl (C=O) groups excluding carboxylic acids is 1. The van der Waals surface area contributed by atoms with Crippen LogP contribution in [0.3, 0.4) is 0 Å². The van der Waals surface area contributed by atoms with E-state index in [1.54, 1.807) is 6.20 Å². The number of carbonyl (C=O) groups is 1. The molecular weight excluding hydrogens is 214 g/mol. The summed E-state index contributed by atoms with van der Waals surface area (Å²) in [5, 5.41) is 4.16. The van der Waals surface area contributed by atoms with Crippen LogP contribution >= 0.6 is 0 Å². The number of unbranched alkanes of at least 4 members (excludes halogenated alkanes) is 3. The van der Waals surface area contributed by atoms with E-state index in [-0.39, 0.29) is 0 Å². The van der Waals surface area contributed by atoms with E-state index < -0.39 is 0 Å². The molecule has 0 amide bonds. The Labute approximate surface area is 103 Å². The van der Waals surface area contributed by atoms with Crippen molar-refractivity contribution in [2.75, 3.05) is 6.54 Å². The Kier molecular flexibility index (Phi) is 6.55. The third-order valence-corrected chi connectivity index (χ3v) is 2.82. The molecule has 0 aliphatic rings. The Morgan fingerprint density at radius 1 is 1.35 bits per heavy atom. The number of Topliss-reactive ketones (excluding diaryl/α,β-unsaturated/α-hetero) is 1.